The summed E-state index contributed by atoms with van der Waals surface area (Å²) >= 11 is 5.87. The first kappa shape index (κ1) is 19.0. The third-order valence-corrected chi connectivity index (χ3v) is 4.41. The van der Waals surface area contributed by atoms with E-state index in [4.69, 9.17) is 11.6 Å². The van der Waals surface area contributed by atoms with Crippen molar-refractivity contribution in [2.45, 2.75) is 53.9 Å². The fourth-order valence-corrected chi connectivity index (χ4v) is 3.47. The average molecular weight is 324 g/mol. The predicted molar refractivity (Wildman–Crippen MR) is 95.4 cm³/mol. The van der Waals surface area contributed by atoms with Crippen molar-refractivity contribution in [2.24, 2.45) is 17.3 Å². The Morgan fingerprint density at radius 1 is 1.09 bits per heavy atom. The lowest BCUT2D eigenvalue weighted by molar-refractivity contribution is 0.0900. The quantitative estimate of drug-likeness (QED) is 0.666. The molecule has 0 fully saturated rings. The van der Waals surface area contributed by atoms with Gasteiger partial charge in [0.1, 0.15) is 0 Å². The zero-order chi connectivity index (χ0) is 16.8. The fourth-order valence-electron chi connectivity index (χ4n) is 3.34. The summed E-state index contributed by atoms with van der Waals surface area (Å²) in [5.74, 6) is 1.25. The van der Waals surface area contributed by atoms with Gasteiger partial charge < -0.3 is 5.32 Å². The molecule has 0 aliphatic heterocycles. The molecule has 1 N–H and O–H groups in total. The monoisotopic (exact) mass is 323 g/mol. The van der Waals surface area contributed by atoms with E-state index in [2.05, 4.69) is 39.9 Å². The summed E-state index contributed by atoms with van der Waals surface area (Å²) in [5.41, 5.74) is 0.855. The molecule has 1 aromatic carbocycles. The van der Waals surface area contributed by atoms with Gasteiger partial charge in [0.05, 0.1) is 0 Å². The Morgan fingerprint density at radius 3 is 2.00 bits per heavy atom. The van der Waals surface area contributed by atoms with Gasteiger partial charge in [-0.15, -0.1) is 0 Å². The second-order valence-corrected chi connectivity index (χ2v) is 7.68. The molecule has 0 heterocycles. The van der Waals surface area contributed by atoms with Crippen molar-refractivity contribution in [1.29, 1.82) is 0 Å². The number of benzene rings is 1. The molecule has 0 saturated heterocycles. The molecule has 0 spiro atoms. The van der Waals surface area contributed by atoms with E-state index in [0.29, 0.717) is 22.4 Å². The standard InChI is InChI=1S/C19H30ClNO/c1-6-19(11-14(2)3,12-15(4)5)13-21-18(22)16-7-9-17(20)10-8-16/h7-10,14-15H,6,11-13H2,1-5H3,(H,21,22). The molecule has 124 valence electrons. The average Bonchev–Trinajstić information content (AvgIpc) is 2.44. The molecule has 1 amide bonds. The molecular formula is C19H30ClNO. The maximum atomic E-state index is 12.3. The first-order valence-electron chi connectivity index (χ1n) is 8.32. The van der Waals surface area contributed by atoms with Crippen molar-refractivity contribution in [2.75, 3.05) is 6.54 Å². The van der Waals surface area contributed by atoms with E-state index in [-0.39, 0.29) is 11.3 Å². The topological polar surface area (TPSA) is 29.1 Å². The van der Waals surface area contributed by atoms with Crippen LogP contribution in [0.3, 0.4) is 0 Å². The minimum Gasteiger partial charge on any atom is -0.351 e. The Balaban J connectivity index is 2.76. The van der Waals surface area contributed by atoms with Crippen LogP contribution in [0.1, 0.15) is 64.2 Å². The van der Waals surface area contributed by atoms with Gasteiger partial charge in [-0.1, -0.05) is 46.2 Å². The van der Waals surface area contributed by atoms with Gasteiger partial charge in [-0.2, -0.15) is 0 Å². The number of halogens is 1. The summed E-state index contributed by atoms with van der Waals surface area (Å²) in [6.45, 7) is 12.0. The normalized spacial score (nSPS) is 12.0. The van der Waals surface area contributed by atoms with Crippen molar-refractivity contribution >= 4 is 17.5 Å². The number of carbonyl (C=O) groups excluding carboxylic acids is 1. The Morgan fingerprint density at radius 2 is 1.59 bits per heavy atom. The predicted octanol–water partition coefficient (Wildman–Crippen LogP) is 5.56. The highest BCUT2D eigenvalue weighted by Gasteiger charge is 2.30. The van der Waals surface area contributed by atoms with Crippen LogP contribution in [0.4, 0.5) is 0 Å². The van der Waals surface area contributed by atoms with E-state index < -0.39 is 0 Å². The maximum Gasteiger partial charge on any atom is 0.251 e. The Kier molecular flexibility index (Phi) is 7.41. The lowest BCUT2D eigenvalue weighted by Gasteiger charge is -2.36. The van der Waals surface area contributed by atoms with Crippen LogP contribution in [0.2, 0.25) is 5.02 Å². The molecule has 1 rings (SSSR count). The highest BCUT2D eigenvalue weighted by atomic mass is 35.5. The fraction of sp³-hybridized carbons (Fsp3) is 0.632. The summed E-state index contributed by atoms with van der Waals surface area (Å²) in [5, 5.41) is 3.79. The molecule has 22 heavy (non-hydrogen) atoms. The number of carbonyl (C=O) groups is 1. The van der Waals surface area contributed by atoms with Crippen LogP contribution < -0.4 is 5.32 Å². The molecule has 3 heteroatoms. The van der Waals surface area contributed by atoms with E-state index in [1.807, 2.05) is 0 Å². The SMILES string of the molecule is CCC(CNC(=O)c1ccc(Cl)cc1)(CC(C)C)CC(C)C. The van der Waals surface area contributed by atoms with Crippen molar-refractivity contribution in [3.63, 3.8) is 0 Å². The van der Waals surface area contributed by atoms with Crippen LogP contribution in [-0.4, -0.2) is 12.5 Å². The number of hydrogen-bond acceptors (Lipinski definition) is 1. The van der Waals surface area contributed by atoms with Crippen molar-refractivity contribution in [3.8, 4) is 0 Å². The van der Waals surface area contributed by atoms with Gasteiger partial charge in [-0.3, -0.25) is 4.79 Å². The van der Waals surface area contributed by atoms with Gasteiger partial charge in [-0.05, 0) is 60.8 Å². The van der Waals surface area contributed by atoms with Crippen molar-refractivity contribution in [1.82, 2.24) is 5.32 Å². The molecule has 2 nitrogen and oxygen atoms in total. The summed E-state index contributed by atoms with van der Waals surface area (Å²) in [6, 6.07) is 7.06. The maximum absolute atomic E-state index is 12.3. The molecule has 0 atom stereocenters. The summed E-state index contributed by atoms with van der Waals surface area (Å²) in [4.78, 5) is 12.3. The molecule has 0 bridgehead atoms. The minimum atomic E-state index is -0.0120. The van der Waals surface area contributed by atoms with E-state index in [1.54, 1.807) is 24.3 Å². The molecule has 0 aliphatic rings. The van der Waals surface area contributed by atoms with E-state index >= 15 is 0 Å². The minimum absolute atomic E-state index is 0.0120. The largest absolute Gasteiger partial charge is 0.351 e. The number of hydrogen-bond donors (Lipinski definition) is 1. The highest BCUT2D eigenvalue weighted by molar-refractivity contribution is 6.30. The van der Waals surface area contributed by atoms with Gasteiger partial charge in [0.25, 0.3) is 5.91 Å². The van der Waals surface area contributed by atoms with Gasteiger partial charge >= 0.3 is 0 Å². The summed E-state index contributed by atoms with van der Waals surface area (Å²) < 4.78 is 0. The van der Waals surface area contributed by atoms with E-state index in [1.165, 1.54) is 0 Å². The van der Waals surface area contributed by atoms with Gasteiger partial charge in [-0.25, -0.2) is 0 Å². The number of nitrogens with one attached hydrogen (secondary N) is 1. The lowest BCUT2D eigenvalue weighted by Crippen LogP contribution is -2.39. The number of rotatable bonds is 8. The van der Waals surface area contributed by atoms with Gasteiger partial charge in [0.2, 0.25) is 0 Å². The summed E-state index contributed by atoms with van der Waals surface area (Å²) in [6.07, 6.45) is 3.37. The smallest absolute Gasteiger partial charge is 0.251 e. The molecule has 1 aromatic rings. The molecular weight excluding hydrogens is 294 g/mol. The molecule has 0 saturated carbocycles. The van der Waals surface area contributed by atoms with Crippen LogP contribution in [0, 0.1) is 17.3 Å². The van der Waals surface area contributed by atoms with E-state index in [0.717, 1.165) is 25.8 Å². The molecule has 0 aliphatic carbocycles. The van der Waals surface area contributed by atoms with Crippen LogP contribution in [0.25, 0.3) is 0 Å². The lowest BCUT2D eigenvalue weighted by atomic mass is 9.72. The van der Waals surface area contributed by atoms with Gasteiger partial charge in [0, 0.05) is 17.1 Å². The van der Waals surface area contributed by atoms with Crippen molar-refractivity contribution in [3.05, 3.63) is 34.9 Å². The third-order valence-electron chi connectivity index (χ3n) is 4.16. The molecule has 0 aromatic heterocycles. The summed E-state index contributed by atoms with van der Waals surface area (Å²) in [7, 11) is 0. The Labute approximate surface area is 140 Å². The van der Waals surface area contributed by atoms with Crippen LogP contribution >= 0.6 is 11.6 Å². The zero-order valence-electron chi connectivity index (χ0n) is 14.6. The Hall–Kier alpha value is -1.02. The first-order valence-corrected chi connectivity index (χ1v) is 8.69. The molecule has 0 unspecified atom stereocenters. The third kappa shape index (κ3) is 6.00. The number of amides is 1. The van der Waals surface area contributed by atoms with Crippen molar-refractivity contribution < 1.29 is 4.79 Å². The van der Waals surface area contributed by atoms with E-state index in [9.17, 15) is 4.79 Å². The zero-order valence-corrected chi connectivity index (χ0v) is 15.3. The van der Waals surface area contributed by atoms with Crippen LogP contribution in [0.5, 0.6) is 0 Å². The highest BCUT2D eigenvalue weighted by Crippen LogP contribution is 2.36. The van der Waals surface area contributed by atoms with Crippen LogP contribution in [-0.2, 0) is 0 Å². The van der Waals surface area contributed by atoms with Gasteiger partial charge in [0.15, 0.2) is 0 Å². The second kappa shape index (κ2) is 8.57. The molecule has 0 radical (unpaired) electrons. The first-order chi connectivity index (χ1) is 10.3. The van der Waals surface area contributed by atoms with Crippen LogP contribution in [0.15, 0.2) is 24.3 Å². The second-order valence-electron chi connectivity index (χ2n) is 7.24. The Bertz CT molecular complexity index is 455.